The molecular weight excluding hydrogens is 234 g/mol. The van der Waals surface area contributed by atoms with Crippen LogP contribution in [0.5, 0.6) is 0 Å². The summed E-state index contributed by atoms with van der Waals surface area (Å²) in [6.45, 7) is 0. The van der Waals surface area contributed by atoms with Crippen molar-refractivity contribution >= 4 is 5.65 Å². The van der Waals surface area contributed by atoms with Gasteiger partial charge in [-0.15, -0.1) is 0 Å². The average molecular weight is 253 g/mol. The molecule has 0 radical (unpaired) electrons. The van der Waals surface area contributed by atoms with Gasteiger partial charge in [-0.1, -0.05) is 0 Å². The number of aromatic nitrogens is 3. The van der Waals surface area contributed by atoms with Crippen molar-refractivity contribution in [3.05, 3.63) is 30.2 Å². The Kier molecular flexibility index (Phi) is 1.85. The Hall–Kier alpha value is -1.38. The number of hydrogen-bond acceptors (Lipinski definition) is 2. The molecule has 0 N–H and O–H groups in total. The van der Waals surface area contributed by atoms with E-state index in [-0.39, 0.29) is 0 Å². The molecule has 0 saturated heterocycles. The predicted molar refractivity (Wildman–Crippen MR) is 72.8 cm³/mol. The normalized spacial score (nSPS) is 40.1. The molecule has 98 valence electrons. The maximum absolute atomic E-state index is 4.60. The summed E-state index contributed by atoms with van der Waals surface area (Å²) in [5, 5.41) is 4.36. The van der Waals surface area contributed by atoms with Gasteiger partial charge in [-0.3, -0.25) is 0 Å². The first-order chi connectivity index (χ1) is 9.31. The largest absolute Gasteiger partial charge is 0.237 e. The molecule has 2 aromatic rings. The molecule has 3 heteroatoms. The highest BCUT2D eigenvalue weighted by Gasteiger charge is 2.51. The van der Waals surface area contributed by atoms with E-state index in [4.69, 9.17) is 0 Å². The molecule has 19 heavy (non-hydrogen) atoms. The molecule has 2 heterocycles. The Morgan fingerprint density at radius 2 is 1.74 bits per heavy atom. The van der Waals surface area contributed by atoms with Crippen LogP contribution in [0.3, 0.4) is 0 Å². The molecule has 0 amide bonds. The van der Waals surface area contributed by atoms with Gasteiger partial charge in [0.05, 0.1) is 6.20 Å². The summed E-state index contributed by atoms with van der Waals surface area (Å²) >= 11 is 0. The van der Waals surface area contributed by atoms with Crippen molar-refractivity contribution in [2.75, 3.05) is 0 Å². The Morgan fingerprint density at radius 1 is 1.05 bits per heavy atom. The molecule has 2 aromatic heterocycles. The molecule has 4 bridgehead atoms. The summed E-state index contributed by atoms with van der Waals surface area (Å²) in [5.41, 5.74) is 2.85. The molecule has 0 aliphatic heterocycles. The molecule has 0 atom stereocenters. The second kappa shape index (κ2) is 3.38. The van der Waals surface area contributed by atoms with E-state index in [1.807, 2.05) is 16.8 Å². The van der Waals surface area contributed by atoms with E-state index in [0.29, 0.717) is 5.41 Å². The molecule has 4 saturated carbocycles. The van der Waals surface area contributed by atoms with Gasteiger partial charge in [0, 0.05) is 18.5 Å². The van der Waals surface area contributed by atoms with Crippen LogP contribution in [-0.4, -0.2) is 14.6 Å². The number of nitrogens with zero attached hydrogens (tertiary/aromatic N) is 3. The fourth-order valence-electron chi connectivity index (χ4n) is 5.55. The smallest absolute Gasteiger partial charge is 0.154 e. The minimum atomic E-state index is 0.432. The van der Waals surface area contributed by atoms with Crippen LogP contribution in [0, 0.1) is 17.8 Å². The van der Waals surface area contributed by atoms with Crippen LogP contribution in [0.15, 0.2) is 24.7 Å². The number of hydrogen-bond donors (Lipinski definition) is 0. The standard InChI is InChI=1S/C16H19N3/c1-2-18-19-10-14(9-17-15(1)19)16-6-11-3-12(7-16)5-13(4-11)8-16/h1-2,9-13H,3-8H2. The SMILES string of the molecule is c1cc2ncc(C34CC5CC(CC(C5)C3)C4)cn2n1. The lowest BCUT2D eigenvalue weighted by Gasteiger charge is -2.56. The molecule has 0 unspecified atom stereocenters. The molecule has 0 aromatic carbocycles. The van der Waals surface area contributed by atoms with Crippen LogP contribution >= 0.6 is 0 Å². The molecule has 3 nitrogen and oxygen atoms in total. The van der Waals surface area contributed by atoms with Crippen LogP contribution < -0.4 is 0 Å². The number of rotatable bonds is 1. The lowest BCUT2D eigenvalue weighted by Crippen LogP contribution is -2.48. The zero-order chi connectivity index (χ0) is 12.4. The van der Waals surface area contributed by atoms with Crippen molar-refractivity contribution in [3.63, 3.8) is 0 Å². The third-order valence-corrected chi connectivity index (χ3v) is 5.90. The van der Waals surface area contributed by atoms with Crippen molar-refractivity contribution in [2.24, 2.45) is 17.8 Å². The van der Waals surface area contributed by atoms with Crippen molar-refractivity contribution in [2.45, 2.75) is 43.9 Å². The quantitative estimate of drug-likeness (QED) is 0.781. The van der Waals surface area contributed by atoms with Gasteiger partial charge in [0.2, 0.25) is 0 Å². The van der Waals surface area contributed by atoms with Gasteiger partial charge in [0.15, 0.2) is 5.65 Å². The Morgan fingerprint density at radius 3 is 2.42 bits per heavy atom. The highest BCUT2D eigenvalue weighted by atomic mass is 15.2. The van der Waals surface area contributed by atoms with Crippen LogP contribution in [0.4, 0.5) is 0 Å². The molecule has 4 fully saturated rings. The summed E-state index contributed by atoms with van der Waals surface area (Å²) in [7, 11) is 0. The van der Waals surface area contributed by atoms with E-state index in [2.05, 4.69) is 22.5 Å². The van der Waals surface area contributed by atoms with E-state index in [9.17, 15) is 0 Å². The topological polar surface area (TPSA) is 30.2 Å². The summed E-state index contributed by atoms with van der Waals surface area (Å²) < 4.78 is 1.95. The van der Waals surface area contributed by atoms with Gasteiger partial charge in [-0.05, 0) is 67.3 Å². The first kappa shape index (κ1) is 10.4. The van der Waals surface area contributed by atoms with Gasteiger partial charge >= 0.3 is 0 Å². The summed E-state index contributed by atoms with van der Waals surface area (Å²) in [5.74, 6) is 2.96. The fourth-order valence-corrected chi connectivity index (χ4v) is 5.55. The number of fused-ring (bicyclic) bond motifs is 1. The first-order valence-electron chi connectivity index (χ1n) is 7.61. The van der Waals surface area contributed by atoms with Gasteiger partial charge in [0.25, 0.3) is 0 Å². The maximum atomic E-state index is 4.60. The van der Waals surface area contributed by atoms with Crippen LogP contribution in [0.25, 0.3) is 5.65 Å². The Balaban J connectivity index is 1.64. The van der Waals surface area contributed by atoms with Gasteiger partial charge in [-0.2, -0.15) is 5.10 Å². The van der Waals surface area contributed by atoms with Crippen molar-refractivity contribution < 1.29 is 0 Å². The molecule has 0 spiro atoms. The second-order valence-corrected chi connectivity index (χ2v) is 7.17. The molecule has 4 aliphatic rings. The maximum Gasteiger partial charge on any atom is 0.154 e. The fraction of sp³-hybridized carbons (Fsp3) is 0.625. The Bertz CT molecular complexity index is 607. The van der Waals surface area contributed by atoms with E-state index in [0.717, 1.165) is 23.4 Å². The third kappa shape index (κ3) is 1.39. The van der Waals surface area contributed by atoms with Gasteiger partial charge < -0.3 is 0 Å². The van der Waals surface area contributed by atoms with E-state index in [1.165, 1.54) is 44.1 Å². The van der Waals surface area contributed by atoms with Crippen LogP contribution in [0.1, 0.15) is 44.1 Å². The van der Waals surface area contributed by atoms with Gasteiger partial charge in [0.1, 0.15) is 0 Å². The average Bonchev–Trinajstić information content (AvgIpc) is 2.84. The van der Waals surface area contributed by atoms with Crippen LogP contribution in [0.2, 0.25) is 0 Å². The monoisotopic (exact) mass is 253 g/mol. The Labute approximate surface area is 113 Å². The highest BCUT2D eigenvalue weighted by Crippen LogP contribution is 2.60. The van der Waals surface area contributed by atoms with Crippen molar-refractivity contribution in [3.8, 4) is 0 Å². The lowest BCUT2D eigenvalue weighted by atomic mass is 9.48. The highest BCUT2D eigenvalue weighted by molar-refractivity contribution is 5.38. The molecule has 4 aliphatic carbocycles. The van der Waals surface area contributed by atoms with Crippen LogP contribution in [-0.2, 0) is 5.41 Å². The third-order valence-electron chi connectivity index (χ3n) is 5.90. The minimum absolute atomic E-state index is 0.432. The second-order valence-electron chi connectivity index (χ2n) is 7.17. The molecular formula is C16H19N3. The van der Waals surface area contributed by atoms with Gasteiger partial charge in [-0.25, -0.2) is 9.50 Å². The lowest BCUT2D eigenvalue weighted by molar-refractivity contribution is -0.00555. The van der Waals surface area contributed by atoms with E-state index >= 15 is 0 Å². The van der Waals surface area contributed by atoms with E-state index < -0.39 is 0 Å². The zero-order valence-corrected chi connectivity index (χ0v) is 11.1. The molecule has 6 rings (SSSR count). The summed E-state index contributed by atoms with van der Waals surface area (Å²) in [4.78, 5) is 4.60. The summed E-state index contributed by atoms with van der Waals surface area (Å²) in [6, 6.07) is 1.98. The van der Waals surface area contributed by atoms with Crippen molar-refractivity contribution in [1.29, 1.82) is 0 Å². The minimum Gasteiger partial charge on any atom is -0.237 e. The first-order valence-corrected chi connectivity index (χ1v) is 7.61. The summed E-state index contributed by atoms with van der Waals surface area (Å²) in [6.07, 6.45) is 14.9. The van der Waals surface area contributed by atoms with Crippen molar-refractivity contribution in [1.82, 2.24) is 14.6 Å². The van der Waals surface area contributed by atoms with E-state index in [1.54, 1.807) is 0 Å². The predicted octanol–water partition coefficient (Wildman–Crippen LogP) is 3.20. The zero-order valence-electron chi connectivity index (χ0n) is 11.1.